The number of benzene rings is 1. The summed E-state index contributed by atoms with van der Waals surface area (Å²) in [6, 6.07) is 7.72. The Hall–Kier alpha value is -2.07. The van der Waals surface area contributed by atoms with Crippen LogP contribution in [0.1, 0.15) is 50.2 Å². The van der Waals surface area contributed by atoms with Crippen LogP contribution < -0.4 is 16.0 Å². The van der Waals surface area contributed by atoms with Crippen LogP contribution in [0.5, 0.6) is 0 Å². The number of carbonyl (C=O) groups excluding carboxylic acids is 2. The van der Waals surface area contributed by atoms with Crippen molar-refractivity contribution in [3.8, 4) is 0 Å². The van der Waals surface area contributed by atoms with Gasteiger partial charge >= 0.3 is 12.1 Å². The SMILES string of the molecule is CNC[C@H](C[C@H]1CCCOCC1)NC(=O)N1CCC[C@@H](C(OCCNC(=O)OC)c2cccc(Cl)c2)C1. The number of amides is 3. The quantitative estimate of drug-likeness (QED) is 0.369. The van der Waals surface area contributed by atoms with E-state index in [1.54, 1.807) is 0 Å². The largest absolute Gasteiger partial charge is 0.453 e. The lowest BCUT2D eigenvalue weighted by molar-refractivity contribution is -0.00864. The maximum Gasteiger partial charge on any atom is 0.406 e. The number of hydrogen-bond acceptors (Lipinski definition) is 6. The topological polar surface area (TPSA) is 101 Å². The minimum Gasteiger partial charge on any atom is -0.453 e. The van der Waals surface area contributed by atoms with Crippen LogP contribution in [0.4, 0.5) is 9.59 Å². The summed E-state index contributed by atoms with van der Waals surface area (Å²) >= 11 is 6.29. The number of ether oxygens (including phenoxy) is 3. The highest BCUT2D eigenvalue weighted by Crippen LogP contribution is 2.34. The zero-order chi connectivity index (χ0) is 26.5. The normalized spacial score (nSPS) is 22.0. The lowest BCUT2D eigenvalue weighted by atomic mass is 9.88. The van der Waals surface area contributed by atoms with Crippen LogP contribution in [0, 0.1) is 11.8 Å². The number of likely N-dealkylation sites (tertiary alicyclic amines) is 1. The Bertz CT molecular complexity index is 837. The van der Waals surface area contributed by atoms with Crippen LogP contribution in [-0.4, -0.2) is 83.2 Å². The van der Waals surface area contributed by atoms with Gasteiger partial charge in [-0.15, -0.1) is 0 Å². The monoisotopic (exact) mass is 538 g/mol. The molecule has 0 spiro atoms. The molecule has 2 aliphatic rings. The van der Waals surface area contributed by atoms with E-state index in [2.05, 4.69) is 20.7 Å². The summed E-state index contributed by atoms with van der Waals surface area (Å²) in [6.07, 6.45) is 5.33. The number of likely N-dealkylation sites (N-methyl/N-ethyl adjacent to an activating group) is 1. The van der Waals surface area contributed by atoms with Gasteiger partial charge in [-0.2, -0.15) is 0 Å². The first-order valence-electron chi connectivity index (χ1n) is 13.5. The van der Waals surface area contributed by atoms with Gasteiger partial charge in [0.05, 0.1) is 19.8 Å². The van der Waals surface area contributed by atoms with Crippen molar-refractivity contribution in [3.05, 3.63) is 34.9 Å². The molecule has 2 heterocycles. The van der Waals surface area contributed by atoms with Crippen LogP contribution in [0.25, 0.3) is 0 Å². The Labute approximate surface area is 225 Å². The summed E-state index contributed by atoms with van der Waals surface area (Å²) in [7, 11) is 3.26. The molecule has 3 amide bonds. The van der Waals surface area contributed by atoms with Crippen LogP contribution in [0.3, 0.4) is 0 Å². The van der Waals surface area contributed by atoms with Crippen molar-refractivity contribution in [1.82, 2.24) is 20.9 Å². The number of piperidine rings is 1. The van der Waals surface area contributed by atoms with Crippen LogP contribution in [-0.2, 0) is 14.2 Å². The molecule has 1 aromatic rings. The van der Waals surface area contributed by atoms with Crippen molar-refractivity contribution in [2.24, 2.45) is 11.8 Å². The van der Waals surface area contributed by atoms with Gasteiger partial charge in [-0.1, -0.05) is 23.7 Å². The smallest absolute Gasteiger partial charge is 0.406 e. The Morgan fingerprint density at radius 1 is 1.22 bits per heavy atom. The first-order chi connectivity index (χ1) is 18.0. The molecule has 0 radical (unpaired) electrons. The predicted octanol–water partition coefficient (Wildman–Crippen LogP) is 3.97. The van der Waals surface area contributed by atoms with Gasteiger partial charge in [-0.05, 0) is 69.2 Å². The Kier molecular flexibility index (Phi) is 12.8. The molecule has 1 aromatic carbocycles. The highest BCUT2D eigenvalue weighted by atomic mass is 35.5. The van der Waals surface area contributed by atoms with E-state index in [4.69, 9.17) is 21.1 Å². The summed E-state index contributed by atoms with van der Waals surface area (Å²) in [4.78, 5) is 26.7. The molecule has 9 nitrogen and oxygen atoms in total. The summed E-state index contributed by atoms with van der Waals surface area (Å²) < 4.78 is 16.5. The zero-order valence-electron chi connectivity index (χ0n) is 22.2. The molecule has 3 rings (SSSR count). The van der Waals surface area contributed by atoms with Crippen molar-refractivity contribution >= 4 is 23.7 Å². The van der Waals surface area contributed by atoms with Gasteiger partial charge in [0.25, 0.3) is 0 Å². The molecule has 2 fully saturated rings. The van der Waals surface area contributed by atoms with Crippen LogP contribution >= 0.6 is 11.6 Å². The number of halogens is 1. The van der Waals surface area contributed by atoms with E-state index in [-0.39, 0.29) is 24.1 Å². The first-order valence-corrected chi connectivity index (χ1v) is 13.8. The summed E-state index contributed by atoms with van der Waals surface area (Å²) in [5.74, 6) is 0.673. The molecule has 0 saturated carbocycles. The van der Waals surface area contributed by atoms with E-state index < -0.39 is 6.09 Å². The number of methoxy groups -OCH3 is 1. The molecule has 208 valence electrons. The second-order valence-corrected chi connectivity index (χ2v) is 10.4. The minimum absolute atomic E-state index is 0.0213. The maximum atomic E-state index is 13.4. The molecule has 4 atom stereocenters. The molecule has 1 unspecified atom stereocenters. The molecular formula is C27H43ClN4O5. The van der Waals surface area contributed by atoms with Crippen molar-refractivity contribution in [1.29, 1.82) is 0 Å². The van der Waals surface area contributed by atoms with Crippen LogP contribution in [0.15, 0.2) is 24.3 Å². The molecule has 0 aliphatic carbocycles. The highest BCUT2D eigenvalue weighted by molar-refractivity contribution is 6.30. The predicted molar refractivity (Wildman–Crippen MR) is 144 cm³/mol. The van der Waals surface area contributed by atoms with Gasteiger partial charge in [0, 0.05) is 56.4 Å². The van der Waals surface area contributed by atoms with Crippen LogP contribution in [0.2, 0.25) is 5.02 Å². The molecule has 0 bridgehead atoms. The Morgan fingerprint density at radius 3 is 2.86 bits per heavy atom. The summed E-state index contributed by atoms with van der Waals surface area (Å²) in [5, 5.41) is 9.83. The van der Waals surface area contributed by atoms with Gasteiger partial charge < -0.3 is 35.1 Å². The fourth-order valence-electron chi connectivity index (χ4n) is 5.35. The second kappa shape index (κ2) is 16.0. The van der Waals surface area contributed by atoms with E-state index >= 15 is 0 Å². The van der Waals surface area contributed by atoms with Gasteiger partial charge in [0.1, 0.15) is 0 Å². The van der Waals surface area contributed by atoms with E-state index in [0.717, 1.165) is 70.4 Å². The summed E-state index contributed by atoms with van der Waals surface area (Å²) in [6.45, 7) is 4.35. The number of nitrogens with one attached hydrogen (secondary N) is 3. The molecule has 37 heavy (non-hydrogen) atoms. The number of hydrogen-bond donors (Lipinski definition) is 3. The van der Waals surface area contributed by atoms with E-state index in [0.29, 0.717) is 30.6 Å². The standard InChI is InChI=1S/C27H43ClN4O5/c1-29-18-24(16-20-6-5-13-36-14-10-20)31-26(33)32-12-4-8-22(19-32)25(21-7-3-9-23(28)17-21)37-15-11-30-27(34)35-2/h3,7,9,17,20,22,24-25,29H,4-6,8,10-16,18-19H2,1-2H3,(H,30,34)(H,31,33)/t20-,22+,24-,25?/m0/s1. The average Bonchev–Trinajstić information content (AvgIpc) is 3.17. The number of alkyl carbamates (subject to hydrolysis) is 1. The fourth-order valence-corrected chi connectivity index (χ4v) is 5.55. The fraction of sp³-hybridized carbons (Fsp3) is 0.704. The third-order valence-electron chi connectivity index (χ3n) is 7.17. The molecule has 2 aliphatic heterocycles. The highest BCUT2D eigenvalue weighted by Gasteiger charge is 2.32. The first kappa shape index (κ1) is 29.5. The number of urea groups is 1. The molecular weight excluding hydrogens is 496 g/mol. The maximum absolute atomic E-state index is 13.4. The Morgan fingerprint density at radius 2 is 2.08 bits per heavy atom. The van der Waals surface area contributed by atoms with E-state index in [1.807, 2.05) is 36.2 Å². The Balaban J connectivity index is 1.62. The second-order valence-electron chi connectivity index (χ2n) is 9.96. The minimum atomic E-state index is -0.490. The van der Waals surface area contributed by atoms with Gasteiger partial charge in [-0.25, -0.2) is 9.59 Å². The lowest BCUT2D eigenvalue weighted by Crippen LogP contribution is -2.52. The molecule has 3 N–H and O–H groups in total. The number of nitrogens with zero attached hydrogens (tertiary/aromatic N) is 1. The summed E-state index contributed by atoms with van der Waals surface area (Å²) in [5.41, 5.74) is 0.974. The number of carbonyl (C=O) groups is 2. The van der Waals surface area contributed by atoms with E-state index in [1.165, 1.54) is 7.11 Å². The molecule has 0 aromatic heterocycles. The van der Waals surface area contributed by atoms with E-state index in [9.17, 15) is 9.59 Å². The van der Waals surface area contributed by atoms with Gasteiger partial charge in [0.2, 0.25) is 0 Å². The molecule has 10 heteroatoms. The zero-order valence-corrected chi connectivity index (χ0v) is 22.9. The molecule has 2 saturated heterocycles. The van der Waals surface area contributed by atoms with Crippen molar-refractivity contribution in [2.45, 2.75) is 50.7 Å². The average molecular weight is 539 g/mol. The lowest BCUT2D eigenvalue weighted by Gasteiger charge is -2.38. The third-order valence-corrected chi connectivity index (χ3v) is 7.41. The van der Waals surface area contributed by atoms with Gasteiger partial charge in [0.15, 0.2) is 0 Å². The van der Waals surface area contributed by atoms with Gasteiger partial charge in [-0.3, -0.25) is 0 Å². The number of rotatable bonds is 11. The third kappa shape index (κ3) is 9.96. The van der Waals surface area contributed by atoms with Crippen molar-refractivity contribution < 1.29 is 23.8 Å². The van der Waals surface area contributed by atoms with Crippen molar-refractivity contribution in [3.63, 3.8) is 0 Å². The van der Waals surface area contributed by atoms with Crippen molar-refractivity contribution in [2.75, 3.05) is 60.2 Å².